The molecule has 0 unspecified atom stereocenters. The molecule has 0 aliphatic carbocycles. The summed E-state index contributed by atoms with van der Waals surface area (Å²) in [6.45, 7) is 10.6. The number of hydrogen-bond acceptors (Lipinski definition) is 2. The molecule has 1 N–H and O–H groups in total. The Kier molecular flexibility index (Phi) is 4.59. The number of aliphatic carboxylic acids is 1. The van der Waals surface area contributed by atoms with Crippen LogP contribution in [0.5, 0.6) is 0 Å². The molecule has 1 saturated heterocycles. The molecule has 0 spiro atoms. The third kappa shape index (κ3) is 3.98. The number of carbonyl (C=O) groups is 1. The minimum Gasteiger partial charge on any atom is -0.481 e. The summed E-state index contributed by atoms with van der Waals surface area (Å²) in [5, 5.41) is 9.02. The van der Waals surface area contributed by atoms with Gasteiger partial charge in [0, 0.05) is 5.54 Å². The molecule has 17 heavy (non-hydrogen) atoms. The highest BCUT2D eigenvalue weighted by atomic mass is 16.4. The summed E-state index contributed by atoms with van der Waals surface area (Å²) in [4.78, 5) is 13.5. The van der Waals surface area contributed by atoms with Crippen molar-refractivity contribution < 1.29 is 9.90 Å². The first-order valence-electron chi connectivity index (χ1n) is 6.74. The third-order valence-electron chi connectivity index (χ3n) is 4.13. The zero-order chi connectivity index (χ0) is 13.1. The second-order valence-electron chi connectivity index (χ2n) is 6.55. The fraction of sp³-hybridized carbons (Fsp3) is 0.929. The monoisotopic (exact) mass is 241 g/mol. The van der Waals surface area contributed by atoms with E-state index in [1.165, 1.54) is 19.4 Å². The molecule has 100 valence electrons. The second kappa shape index (κ2) is 5.38. The van der Waals surface area contributed by atoms with Gasteiger partial charge in [0.25, 0.3) is 0 Å². The summed E-state index contributed by atoms with van der Waals surface area (Å²) in [6.07, 6.45) is 5.48. The van der Waals surface area contributed by atoms with Crippen molar-refractivity contribution in [3.63, 3.8) is 0 Å². The van der Waals surface area contributed by atoms with E-state index in [9.17, 15) is 4.79 Å². The SMILES string of the molecule is CC(C)(CCCCN1CCCC1(C)C)C(=O)O. The molecule has 1 fully saturated rings. The van der Waals surface area contributed by atoms with Gasteiger partial charge in [-0.25, -0.2) is 0 Å². The van der Waals surface area contributed by atoms with Gasteiger partial charge in [0.15, 0.2) is 0 Å². The summed E-state index contributed by atoms with van der Waals surface area (Å²) < 4.78 is 0. The van der Waals surface area contributed by atoms with Crippen molar-refractivity contribution in [1.82, 2.24) is 4.90 Å². The average Bonchev–Trinajstić information content (AvgIpc) is 2.52. The molecule has 1 aliphatic heterocycles. The number of rotatable bonds is 6. The van der Waals surface area contributed by atoms with Crippen LogP contribution in [0.15, 0.2) is 0 Å². The summed E-state index contributed by atoms with van der Waals surface area (Å²) >= 11 is 0. The summed E-state index contributed by atoms with van der Waals surface area (Å²) in [6, 6.07) is 0. The van der Waals surface area contributed by atoms with E-state index in [2.05, 4.69) is 18.7 Å². The Balaban J connectivity index is 2.23. The standard InChI is InChI=1S/C14H27NO2/c1-13(2,12(16)17)8-5-6-10-15-11-7-9-14(15,3)4/h5-11H2,1-4H3,(H,16,17). The van der Waals surface area contributed by atoms with Crippen LogP contribution in [0.1, 0.15) is 59.8 Å². The first-order valence-corrected chi connectivity index (χ1v) is 6.74. The second-order valence-corrected chi connectivity index (χ2v) is 6.55. The molecule has 1 aliphatic rings. The highest BCUT2D eigenvalue weighted by Crippen LogP contribution is 2.29. The molecular weight excluding hydrogens is 214 g/mol. The van der Waals surface area contributed by atoms with Crippen LogP contribution in [-0.2, 0) is 4.79 Å². The summed E-state index contributed by atoms with van der Waals surface area (Å²) in [5.74, 6) is -0.681. The van der Waals surface area contributed by atoms with Gasteiger partial charge in [-0.3, -0.25) is 9.69 Å². The van der Waals surface area contributed by atoms with Crippen molar-refractivity contribution in [3.8, 4) is 0 Å². The van der Waals surface area contributed by atoms with Crippen LogP contribution in [0.2, 0.25) is 0 Å². The van der Waals surface area contributed by atoms with E-state index >= 15 is 0 Å². The Morgan fingerprint density at radius 3 is 2.47 bits per heavy atom. The highest BCUT2D eigenvalue weighted by Gasteiger charge is 2.31. The maximum absolute atomic E-state index is 11.0. The number of hydrogen-bond donors (Lipinski definition) is 1. The van der Waals surface area contributed by atoms with Crippen LogP contribution < -0.4 is 0 Å². The maximum atomic E-state index is 11.0. The lowest BCUT2D eigenvalue weighted by Crippen LogP contribution is -2.38. The topological polar surface area (TPSA) is 40.5 Å². The van der Waals surface area contributed by atoms with E-state index in [4.69, 9.17) is 5.11 Å². The van der Waals surface area contributed by atoms with Crippen LogP contribution in [0.4, 0.5) is 0 Å². The molecule has 0 bridgehead atoms. The zero-order valence-electron chi connectivity index (χ0n) is 11.8. The lowest BCUT2D eigenvalue weighted by Gasteiger charge is -2.31. The zero-order valence-corrected chi connectivity index (χ0v) is 11.8. The number of unbranched alkanes of at least 4 members (excludes halogenated alkanes) is 1. The van der Waals surface area contributed by atoms with Gasteiger partial charge >= 0.3 is 5.97 Å². The van der Waals surface area contributed by atoms with Gasteiger partial charge < -0.3 is 5.11 Å². The van der Waals surface area contributed by atoms with Crippen LogP contribution in [-0.4, -0.2) is 34.6 Å². The van der Waals surface area contributed by atoms with Crippen molar-refractivity contribution in [3.05, 3.63) is 0 Å². The van der Waals surface area contributed by atoms with Crippen molar-refractivity contribution in [1.29, 1.82) is 0 Å². The molecule has 0 radical (unpaired) electrons. The van der Waals surface area contributed by atoms with Crippen LogP contribution in [0.3, 0.4) is 0 Å². The molecule has 1 heterocycles. The fourth-order valence-electron chi connectivity index (χ4n) is 2.55. The molecule has 1 rings (SSSR count). The van der Waals surface area contributed by atoms with Gasteiger partial charge in [-0.1, -0.05) is 6.42 Å². The predicted octanol–water partition coefficient (Wildman–Crippen LogP) is 3.14. The maximum Gasteiger partial charge on any atom is 0.309 e. The number of nitrogens with zero attached hydrogens (tertiary/aromatic N) is 1. The molecule has 0 aromatic rings. The van der Waals surface area contributed by atoms with Gasteiger partial charge in [-0.15, -0.1) is 0 Å². The van der Waals surface area contributed by atoms with Gasteiger partial charge in [-0.2, -0.15) is 0 Å². The third-order valence-corrected chi connectivity index (χ3v) is 4.13. The smallest absolute Gasteiger partial charge is 0.309 e. The van der Waals surface area contributed by atoms with Crippen molar-refractivity contribution in [2.45, 2.75) is 65.3 Å². The molecule has 0 aromatic carbocycles. The molecule has 0 aromatic heterocycles. The van der Waals surface area contributed by atoms with Crippen molar-refractivity contribution in [2.75, 3.05) is 13.1 Å². The molecular formula is C14H27NO2. The van der Waals surface area contributed by atoms with Gasteiger partial charge in [0.05, 0.1) is 5.41 Å². The molecule has 0 atom stereocenters. The minimum absolute atomic E-state index is 0.350. The lowest BCUT2D eigenvalue weighted by molar-refractivity contribution is -0.147. The first-order chi connectivity index (χ1) is 7.76. The number of likely N-dealkylation sites (tertiary alicyclic amines) is 1. The van der Waals surface area contributed by atoms with Gasteiger partial charge in [0.2, 0.25) is 0 Å². The molecule has 3 nitrogen and oxygen atoms in total. The number of carboxylic acids is 1. The number of carboxylic acid groups (broad SMARTS) is 1. The average molecular weight is 241 g/mol. The predicted molar refractivity (Wildman–Crippen MR) is 70.2 cm³/mol. The van der Waals surface area contributed by atoms with E-state index < -0.39 is 11.4 Å². The van der Waals surface area contributed by atoms with E-state index in [0.29, 0.717) is 5.54 Å². The minimum atomic E-state index is -0.681. The van der Waals surface area contributed by atoms with Gasteiger partial charge in [0.1, 0.15) is 0 Å². The summed E-state index contributed by atoms with van der Waals surface area (Å²) in [5.41, 5.74) is -0.219. The van der Waals surface area contributed by atoms with Crippen molar-refractivity contribution >= 4 is 5.97 Å². The lowest BCUT2D eigenvalue weighted by atomic mass is 9.87. The van der Waals surface area contributed by atoms with Gasteiger partial charge in [-0.05, 0) is 66.5 Å². The van der Waals surface area contributed by atoms with E-state index in [1.807, 2.05) is 13.8 Å². The van der Waals surface area contributed by atoms with E-state index in [0.717, 1.165) is 25.8 Å². The molecule has 0 amide bonds. The van der Waals surface area contributed by atoms with Crippen LogP contribution >= 0.6 is 0 Å². The Bertz CT molecular complexity index is 271. The van der Waals surface area contributed by atoms with E-state index in [-0.39, 0.29) is 0 Å². The summed E-state index contributed by atoms with van der Waals surface area (Å²) in [7, 11) is 0. The highest BCUT2D eigenvalue weighted by molar-refractivity contribution is 5.73. The Labute approximate surface area is 105 Å². The Hall–Kier alpha value is -0.570. The Morgan fingerprint density at radius 1 is 1.35 bits per heavy atom. The Morgan fingerprint density at radius 2 is 2.00 bits per heavy atom. The van der Waals surface area contributed by atoms with E-state index in [1.54, 1.807) is 0 Å². The molecule has 3 heteroatoms. The largest absolute Gasteiger partial charge is 0.481 e. The van der Waals surface area contributed by atoms with Crippen LogP contribution in [0.25, 0.3) is 0 Å². The normalized spacial score (nSPS) is 20.7. The fourth-order valence-corrected chi connectivity index (χ4v) is 2.55. The quantitative estimate of drug-likeness (QED) is 0.726. The van der Waals surface area contributed by atoms with Crippen molar-refractivity contribution in [2.24, 2.45) is 5.41 Å². The molecule has 0 saturated carbocycles. The van der Waals surface area contributed by atoms with Crippen LogP contribution in [0, 0.1) is 5.41 Å². The first kappa shape index (κ1) is 14.5.